The van der Waals surface area contributed by atoms with Crippen molar-refractivity contribution >= 4 is 27.6 Å². The minimum Gasteiger partial charge on any atom is -0.444 e. The van der Waals surface area contributed by atoms with Crippen LogP contribution < -0.4 is 5.32 Å². The lowest BCUT2D eigenvalue weighted by atomic mass is 9.97. The molecule has 1 N–H and O–H groups in total. The fourth-order valence-electron chi connectivity index (χ4n) is 2.71. The Kier molecular flexibility index (Phi) is 4.63. The Labute approximate surface area is 148 Å². The molecule has 0 unspecified atom stereocenters. The molecule has 0 aliphatic rings. The molecule has 0 saturated carbocycles. The van der Waals surface area contributed by atoms with Gasteiger partial charge in [0.1, 0.15) is 5.60 Å². The summed E-state index contributed by atoms with van der Waals surface area (Å²) in [6.45, 7) is 5.74. The molecule has 0 saturated heterocycles. The normalized spacial score (nSPS) is 11.0. The average molecular weight is 331 g/mol. The van der Waals surface area contributed by atoms with Gasteiger partial charge in [0.25, 0.3) is 0 Å². The van der Waals surface area contributed by atoms with Crippen LogP contribution in [0.4, 0.5) is 4.79 Å². The van der Waals surface area contributed by atoms with Crippen molar-refractivity contribution in [3.63, 3.8) is 0 Å². The SMILES string of the molecule is CC(C)(C)OC(=O)NCC#Cc1c2ccccc2cc2ccccc12. The molecular weight excluding hydrogens is 310 g/mol. The van der Waals surface area contributed by atoms with Crippen molar-refractivity contribution in [2.24, 2.45) is 0 Å². The summed E-state index contributed by atoms with van der Waals surface area (Å²) >= 11 is 0. The maximum absolute atomic E-state index is 11.7. The van der Waals surface area contributed by atoms with Crippen molar-refractivity contribution in [2.45, 2.75) is 26.4 Å². The van der Waals surface area contributed by atoms with E-state index in [2.05, 4.69) is 47.5 Å². The minimum atomic E-state index is -0.511. The number of benzene rings is 3. The van der Waals surface area contributed by atoms with E-state index in [1.54, 1.807) is 0 Å². The van der Waals surface area contributed by atoms with E-state index in [0.717, 1.165) is 27.1 Å². The smallest absolute Gasteiger partial charge is 0.408 e. The lowest BCUT2D eigenvalue weighted by Gasteiger charge is -2.19. The predicted octanol–water partition coefficient (Wildman–Crippen LogP) is 4.87. The van der Waals surface area contributed by atoms with Crippen LogP contribution in [0.2, 0.25) is 0 Å². The van der Waals surface area contributed by atoms with Gasteiger partial charge in [-0.2, -0.15) is 0 Å². The molecular formula is C22H21NO2. The number of hydrogen-bond acceptors (Lipinski definition) is 2. The number of carbonyl (C=O) groups excluding carboxylic acids is 1. The molecule has 0 atom stereocenters. The zero-order chi connectivity index (χ0) is 17.9. The lowest BCUT2D eigenvalue weighted by Crippen LogP contribution is -2.32. The number of amides is 1. The van der Waals surface area contributed by atoms with Crippen molar-refractivity contribution in [1.82, 2.24) is 5.32 Å². The van der Waals surface area contributed by atoms with Crippen LogP contribution in [0.1, 0.15) is 26.3 Å². The lowest BCUT2D eigenvalue weighted by molar-refractivity contribution is 0.0535. The van der Waals surface area contributed by atoms with Crippen LogP contribution in [-0.4, -0.2) is 18.2 Å². The summed E-state index contributed by atoms with van der Waals surface area (Å²) in [5.41, 5.74) is 0.475. The minimum absolute atomic E-state index is 0.243. The molecule has 1 amide bonds. The Hall–Kier alpha value is -2.99. The molecule has 0 aromatic heterocycles. The Balaban J connectivity index is 1.89. The third kappa shape index (κ3) is 4.10. The van der Waals surface area contributed by atoms with E-state index in [1.165, 1.54) is 0 Å². The quantitative estimate of drug-likeness (QED) is 0.510. The second-order valence-electron chi connectivity index (χ2n) is 6.85. The van der Waals surface area contributed by atoms with Crippen molar-refractivity contribution in [2.75, 3.05) is 6.54 Å². The number of hydrogen-bond donors (Lipinski definition) is 1. The van der Waals surface area contributed by atoms with Gasteiger partial charge in [0.05, 0.1) is 6.54 Å². The molecule has 0 radical (unpaired) electrons. The van der Waals surface area contributed by atoms with Crippen molar-refractivity contribution < 1.29 is 9.53 Å². The van der Waals surface area contributed by atoms with Crippen LogP contribution in [0.15, 0.2) is 54.6 Å². The maximum atomic E-state index is 11.7. The summed E-state index contributed by atoms with van der Waals surface area (Å²) in [5.74, 6) is 6.27. The molecule has 3 aromatic carbocycles. The highest BCUT2D eigenvalue weighted by Crippen LogP contribution is 2.27. The second kappa shape index (κ2) is 6.86. The van der Waals surface area contributed by atoms with Crippen LogP contribution >= 0.6 is 0 Å². The Morgan fingerprint density at radius 3 is 2.12 bits per heavy atom. The van der Waals surface area contributed by atoms with E-state index in [-0.39, 0.29) is 6.54 Å². The van der Waals surface area contributed by atoms with Crippen molar-refractivity contribution in [3.05, 3.63) is 60.2 Å². The topological polar surface area (TPSA) is 38.3 Å². The molecule has 3 aromatic rings. The van der Waals surface area contributed by atoms with E-state index in [1.807, 2.05) is 45.0 Å². The molecule has 0 fully saturated rings. The summed E-state index contributed by atoms with van der Waals surface area (Å²) in [4.78, 5) is 11.7. The average Bonchev–Trinajstić information content (AvgIpc) is 2.56. The van der Waals surface area contributed by atoms with Gasteiger partial charge < -0.3 is 10.1 Å². The van der Waals surface area contributed by atoms with Crippen molar-refractivity contribution in [1.29, 1.82) is 0 Å². The number of alkyl carbamates (subject to hydrolysis) is 1. The maximum Gasteiger partial charge on any atom is 0.408 e. The molecule has 126 valence electrons. The summed E-state index contributed by atoms with van der Waals surface area (Å²) < 4.78 is 5.21. The van der Waals surface area contributed by atoms with Gasteiger partial charge in [-0.15, -0.1) is 0 Å². The summed E-state index contributed by atoms with van der Waals surface area (Å²) in [7, 11) is 0. The van der Waals surface area contributed by atoms with Gasteiger partial charge in [-0.25, -0.2) is 4.79 Å². The predicted molar refractivity (Wildman–Crippen MR) is 103 cm³/mol. The fourth-order valence-corrected chi connectivity index (χ4v) is 2.71. The van der Waals surface area contributed by atoms with Gasteiger partial charge >= 0.3 is 6.09 Å². The first-order chi connectivity index (χ1) is 11.9. The third-order valence-corrected chi connectivity index (χ3v) is 3.70. The summed E-state index contributed by atoms with van der Waals surface area (Å²) in [6.07, 6.45) is -0.454. The fraction of sp³-hybridized carbons (Fsp3) is 0.227. The van der Waals surface area contributed by atoms with Gasteiger partial charge in [0.2, 0.25) is 0 Å². The monoisotopic (exact) mass is 331 g/mol. The highest BCUT2D eigenvalue weighted by molar-refractivity contribution is 6.04. The Morgan fingerprint density at radius 1 is 1.00 bits per heavy atom. The molecule has 25 heavy (non-hydrogen) atoms. The Bertz CT molecular complexity index is 933. The van der Waals surface area contributed by atoms with Crippen LogP contribution in [-0.2, 0) is 4.74 Å². The molecule has 0 aliphatic carbocycles. The van der Waals surface area contributed by atoms with Gasteiger partial charge in [-0.3, -0.25) is 0 Å². The molecule has 0 aliphatic heterocycles. The van der Waals surface area contributed by atoms with Crippen LogP contribution in [0, 0.1) is 11.8 Å². The van der Waals surface area contributed by atoms with E-state index in [9.17, 15) is 4.79 Å². The molecule has 3 rings (SSSR count). The molecule has 0 bridgehead atoms. The van der Waals surface area contributed by atoms with E-state index in [4.69, 9.17) is 4.74 Å². The van der Waals surface area contributed by atoms with Gasteiger partial charge in [-0.05, 0) is 48.4 Å². The van der Waals surface area contributed by atoms with Gasteiger partial charge in [-0.1, -0.05) is 60.4 Å². The zero-order valence-electron chi connectivity index (χ0n) is 14.7. The molecule has 0 spiro atoms. The number of rotatable bonds is 1. The number of fused-ring (bicyclic) bond motifs is 2. The zero-order valence-corrected chi connectivity index (χ0v) is 14.7. The summed E-state index contributed by atoms with van der Waals surface area (Å²) in [5, 5.41) is 7.22. The van der Waals surface area contributed by atoms with E-state index < -0.39 is 11.7 Å². The van der Waals surface area contributed by atoms with E-state index in [0.29, 0.717) is 0 Å². The highest BCUT2D eigenvalue weighted by atomic mass is 16.6. The number of nitrogens with one attached hydrogen (secondary N) is 1. The standard InChI is InChI=1S/C22H21NO2/c1-22(2,3)25-21(24)23-14-8-13-20-18-11-6-4-9-16(18)15-17-10-5-7-12-19(17)20/h4-7,9-12,15H,14H2,1-3H3,(H,23,24). The van der Waals surface area contributed by atoms with E-state index >= 15 is 0 Å². The number of ether oxygens (including phenoxy) is 1. The van der Waals surface area contributed by atoms with Crippen LogP contribution in [0.3, 0.4) is 0 Å². The first kappa shape index (κ1) is 16.9. The van der Waals surface area contributed by atoms with Crippen molar-refractivity contribution in [3.8, 4) is 11.8 Å². The Morgan fingerprint density at radius 2 is 1.56 bits per heavy atom. The van der Waals surface area contributed by atoms with Crippen LogP contribution in [0.25, 0.3) is 21.5 Å². The third-order valence-electron chi connectivity index (χ3n) is 3.70. The van der Waals surface area contributed by atoms with Gasteiger partial charge in [0, 0.05) is 5.56 Å². The summed E-state index contributed by atoms with van der Waals surface area (Å²) in [6, 6.07) is 18.6. The molecule has 3 nitrogen and oxygen atoms in total. The second-order valence-corrected chi connectivity index (χ2v) is 6.85. The van der Waals surface area contributed by atoms with Crippen LogP contribution in [0.5, 0.6) is 0 Å². The van der Waals surface area contributed by atoms with Gasteiger partial charge in [0.15, 0.2) is 0 Å². The number of carbonyl (C=O) groups is 1. The highest BCUT2D eigenvalue weighted by Gasteiger charge is 2.15. The first-order valence-electron chi connectivity index (χ1n) is 8.30. The first-order valence-corrected chi connectivity index (χ1v) is 8.30. The molecule has 3 heteroatoms. The molecule has 0 heterocycles. The largest absolute Gasteiger partial charge is 0.444 e.